The molecule has 14 heavy (non-hydrogen) atoms. The molecule has 0 atom stereocenters. The monoisotopic (exact) mass is 191 g/mol. The third kappa shape index (κ3) is 1.21. The molecule has 2 rings (SSSR count). The van der Waals surface area contributed by atoms with Crippen molar-refractivity contribution < 1.29 is 0 Å². The van der Waals surface area contributed by atoms with Gasteiger partial charge in [0.2, 0.25) is 5.95 Å². The first-order valence-corrected chi connectivity index (χ1v) is 4.54. The first-order valence-electron chi connectivity index (χ1n) is 4.54. The molecule has 0 aliphatic heterocycles. The Morgan fingerprint density at radius 2 is 2.07 bits per heavy atom. The normalized spacial score (nSPS) is 11.4. The predicted molar refractivity (Wildman–Crippen MR) is 54.8 cm³/mol. The van der Waals surface area contributed by atoms with Gasteiger partial charge in [-0.2, -0.15) is 4.98 Å². The third-order valence-corrected chi connectivity index (χ3v) is 2.15. The zero-order valence-electron chi connectivity index (χ0n) is 8.52. The lowest BCUT2D eigenvalue weighted by atomic mass is 10.1. The maximum atomic E-state index is 5.63. The first-order chi connectivity index (χ1) is 6.59. The highest BCUT2D eigenvalue weighted by Crippen LogP contribution is 2.21. The summed E-state index contributed by atoms with van der Waals surface area (Å²) in [5.74, 6) is 0.613. The van der Waals surface area contributed by atoms with Gasteiger partial charge >= 0.3 is 0 Å². The van der Waals surface area contributed by atoms with Crippen LogP contribution in [0.15, 0.2) is 6.33 Å². The molecule has 2 heterocycles. The van der Waals surface area contributed by atoms with Crippen molar-refractivity contribution >= 4 is 17.1 Å². The number of anilines is 1. The SMILES string of the molecule is CC(C)c1nc(N)nc2c1ncn2C. The summed E-state index contributed by atoms with van der Waals surface area (Å²) in [5, 5.41) is 0. The number of imidazole rings is 1. The van der Waals surface area contributed by atoms with Crippen molar-refractivity contribution in [1.29, 1.82) is 0 Å². The minimum atomic E-state index is 0.303. The number of aryl methyl sites for hydroxylation is 1. The fraction of sp³-hybridized carbons (Fsp3) is 0.444. The summed E-state index contributed by atoms with van der Waals surface area (Å²) in [6.45, 7) is 4.13. The lowest BCUT2D eigenvalue weighted by molar-refractivity contribution is 0.827. The van der Waals surface area contributed by atoms with Gasteiger partial charge in [0.15, 0.2) is 5.65 Å². The molecule has 0 aliphatic carbocycles. The minimum absolute atomic E-state index is 0.303. The van der Waals surface area contributed by atoms with Crippen LogP contribution in [0.1, 0.15) is 25.5 Å². The molecule has 0 saturated heterocycles. The summed E-state index contributed by atoms with van der Waals surface area (Å²) < 4.78 is 1.85. The summed E-state index contributed by atoms with van der Waals surface area (Å²) in [4.78, 5) is 12.6. The van der Waals surface area contributed by atoms with Crippen LogP contribution in [-0.2, 0) is 7.05 Å². The highest BCUT2D eigenvalue weighted by molar-refractivity contribution is 5.75. The molecular formula is C9H13N5. The smallest absolute Gasteiger partial charge is 0.222 e. The summed E-state index contributed by atoms with van der Waals surface area (Å²) >= 11 is 0. The van der Waals surface area contributed by atoms with E-state index in [1.165, 1.54) is 0 Å². The Bertz CT molecular complexity index is 471. The molecule has 2 aromatic rings. The summed E-state index contributed by atoms with van der Waals surface area (Å²) in [6, 6.07) is 0. The summed E-state index contributed by atoms with van der Waals surface area (Å²) in [7, 11) is 1.89. The van der Waals surface area contributed by atoms with Crippen LogP contribution in [0.5, 0.6) is 0 Å². The fourth-order valence-corrected chi connectivity index (χ4v) is 1.45. The van der Waals surface area contributed by atoms with Gasteiger partial charge in [-0.1, -0.05) is 13.8 Å². The number of rotatable bonds is 1. The Kier molecular flexibility index (Phi) is 1.87. The van der Waals surface area contributed by atoms with Crippen molar-refractivity contribution in [2.24, 2.45) is 7.05 Å². The van der Waals surface area contributed by atoms with E-state index in [0.29, 0.717) is 11.9 Å². The zero-order valence-corrected chi connectivity index (χ0v) is 8.52. The van der Waals surface area contributed by atoms with Crippen LogP contribution in [0.2, 0.25) is 0 Å². The van der Waals surface area contributed by atoms with Crippen molar-refractivity contribution in [1.82, 2.24) is 19.5 Å². The largest absolute Gasteiger partial charge is 0.368 e. The van der Waals surface area contributed by atoms with Crippen molar-refractivity contribution in [2.45, 2.75) is 19.8 Å². The molecule has 0 aromatic carbocycles. The maximum absolute atomic E-state index is 5.63. The van der Waals surface area contributed by atoms with E-state index in [-0.39, 0.29) is 0 Å². The minimum Gasteiger partial charge on any atom is -0.368 e. The van der Waals surface area contributed by atoms with Gasteiger partial charge in [-0.3, -0.25) is 0 Å². The van der Waals surface area contributed by atoms with Gasteiger partial charge in [0.1, 0.15) is 5.52 Å². The van der Waals surface area contributed by atoms with Gasteiger partial charge in [0.05, 0.1) is 12.0 Å². The molecule has 2 aromatic heterocycles. The van der Waals surface area contributed by atoms with Gasteiger partial charge in [0.25, 0.3) is 0 Å². The molecule has 0 spiro atoms. The van der Waals surface area contributed by atoms with E-state index in [0.717, 1.165) is 16.9 Å². The Morgan fingerprint density at radius 3 is 2.71 bits per heavy atom. The van der Waals surface area contributed by atoms with Crippen LogP contribution in [0.4, 0.5) is 5.95 Å². The molecule has 5 nitrogen and oxygen atoms in total. The van der Waals surface area contributed by atoms with Gasteiger partial charge in [-0.05, 0) is 5.92 Å². The number of nitrogen functional groups attached to an aromatic ring is 1. The molecule has 0 radical (unpaired) electrons. The van der Waals surface area contributed by atoms with Crippen LogP contribution < -0.4 is 5.73 Å². The summed E-state index contributed by atoms with van der Waals surface area (Å²) in [6.07, 6.45) is 1.73. The van der Waals surface area contributed by atoms with Crippen molar-refractivity contribution in [3.05, 3.63) is 12.0 Å². The molecule has 0 fully saturated rings. The summed E-state index contributed by atoms with van der Waals surface area (Å²) in [5.41, 5.74) is 8.17. The number of hydrogen-bond donors (Lipinski definition) is 1. The number of aromatic nitrogens is 4. The molecule has 0 saturated carbocycles. The number of nitrogens with two attached hydrogens (primary N) is 1. The Morgan fingerprint density at radius 1 is 1.36 bits per heavy atom. The lowest BCUT2D eigenvalue weighted by Crippen LogP contribution is -2.03. The molecule has 0 unspecified atom stereocenters. The molecule has 0 bridgehead atoms. The molecule has 74 valence electrons. The molecule has 0 aliphatic rings. The van der Waals surface area contributed by atoms with Crippen LogP contribution in [-0.4, -0.2) is 19.5 Å². The van der Waals surface area contributed by atoms with Gasteiger partial charge in [-0.25, -0.2) is 9.97 Å². The second-order valence-electron chi connectivity index (χ2n) is 3.65. The second-order valence-corrected chi connectivity index (χ2v) is 3.65. The molecule has 2 N–H and O–H groups in total. The molecule has 0 amide bonds. The Hall–Kier alpha value is -1.65. The van der Waals surface area contributed by atoms with E-state index in [1.807, 2.05) is 11.6 Å². The number of fused-ring (bicyclic) bond motifs is 1. The van der Waals surface area contributed by atoms with Crippen LogP contribution in [0, 0.1) is 0 Å². The van der Waals surface area contributed by atoms with E-state index in [4.69, 9.17) is 5.73 Å². The van der Waals surface area contributed by atoms with Crippen molar-refractivity contribution in [2.75, 3.05) is 5.73 Å². The average molecular weight is 191 g/mol. The number of nitrogens with zero attached hydrogens (tertiary/aromatic N) is 4. The van der Waals surface area contributed by atoms with E-state index in [9.17, 15) is 0 Å². The Labute approximate surface area is 82.0 Å². The van der Waals surface area contributed by atoms with Crippen molar-refractivity contribution in [3.63, 3.8) is 0 Å². The first kappa shape index (κ1) is 8.93. The molecule has 5 heteroatoms. The predicted octanol–water partition coefficient (Wildman–Crippen LogP) is 1.07. The van der Waals surface area contributed by atoms with Gasteiger partial charge in [0, 0.05) is 7.05 Å². The van der Waals surface area contributed by atoms with E-state index < -0.39 is 0 Å². The van der Waals surface area contributed by atoms with E-state index in [1.54, 1.807) is 6.33 Å². The second kappa shape index (κ2) is 2.94. The van der Waals surface area contributed by atoms with Crippen LogP contribution in [0.25, 0.3) is 11.2 Å². The fourth-order valence-electron chi connectivity index (χ4n) is 1.45. The molecular weight excluding hydrogens is 178 g/mol. The van der Waals surface area contributed by atoms with Crippen molar-refractivity contribution in [3.8, 4) is 0 Å². The van der Waals surface area contributed by atoms with Crippen LogP contribution >= 0.6 is 0 Å². The third-order valence-electron chi connectivity index (χ3n) is 2.15. The Balaban J connectivity index is 2.82. The van der Waals surface area contributed by atoms with E-state index in [2.05, 4.69) is 28.8 Å². The standard InChI is InChI=1S/C9H13N5/c1-5(2)6-7-8(13-9(10)12-6)14(3)4-11-7/h4-5H,1-3H3,(H2,10,12,13). The van der Waals surface area contributed by atoms with Gasteiger partial charge in [-0.15, -0.1) is 0 Å². The van der Waals surface area contributed by atoms with E-state index >= 15 is 0 Å². The number of hydrogen-bond acceptors (Lipinski definition) is 4. The highest BCUT2D eigenvalue weighted by Gasteiger charge is 2.12. The topological polar surface area (TPSA) is 69.6 Å². The van der Waals surface area contributed by atoms with Crippen LogP contribution in [0.3, 0.4) is 0 Å². The zero-order chi connectivity index (χ0) is 10.3. The quantitative estimate of drug-likeness (QED) is 0.732. The highest BCUT2D eigenvalue weighted by atomic mass is 15.1. The van der Waals surface area contributed by atoms with Gasteiger partial charge < -0.3 is 10.3 Å². The maximum Gasteiger partial charge on any atom is 0.222 e. The lowest BCUT2D eigenvalue weighted by Gasteiger charge is -2.05. The average Bonchev–Trinajstić information content (AvgIpc) is 2.47.